The molecule has 0 aromatic heterocycles. The van der Waals surface area contributed by atoms with E-state index in [1.807, 2.05) is 12.1 Å². The normalized spacial score (nSPS) is 11.6. The van der Waals surface area contributed by atoms with Gasteiger partial charge in [0.1, 0.15) is 5.75 Å². The summed E-state index contributed by atoms with van der Waals surface area (Å²) < 4.78 is 0. The van der Waals surface area contributed by atoms with Gasteiger partial charge in [0.2, 0.25) is 5.91 Å². The van der Waals surface area contributed by atoms with E-state index in [-0.39, 0.29) is 11.3 Å². The lowest BCUT2D eigenvalue weighted by Gasteiger charge is -2.20. The number of phenolic OH excluding ortho intramolecular Hbond substituents is 1. The lowest BCUT2D eigenvalue weighted by molar-refractivity contribution is -0.118. The molecule has 118 valence electrons. The minimum atomic E-state index is -0.209. The summed E-state index contributed by atoms with van der Waals surface area (Å²) in [7, 11) is 0. The Labute approximate surface area is 128 Å². The maximum absolute atomic E-state index is 10.6. The molecule has 0 radical (unpaired) electrons. The van der Waals surface area contributed by atoms with Gasteiger partial charge in [-0.3, -0.25) is 4.79 Å². The molecule has 0 saturated heterocycles. The van der Waals surface area contributed by atoms with Gasteiger partial charge in [0.05, 0.1) is 0 Å². The minimum absolute atomic E-state index is 0.0659. The maximum Gasteiger partial charge on any atom is 0.217 e. The molecule has 21 heavy (non-hydrogen) atoms. The summed E-state index contributed by atoms with van der Waals surface area (Å²) in [6.45, 7) is 6.44. The fourth-order valence-electron chi connectivity index (χ4n) is 2.39. The van der Waals surface area contributed by atoms with Crippen LogP contribution in [-0.4, -0.2) is 11.0 Å². The van der Waals surface area contributed by atoms with Crippen molar-refractivity contribution >= 4 is 5.91 Å². The first-order chi connectivity index (χ1) is 9.80. The third-order valence-electron chi connectivity index (χ3n) is 3.82. The monoisotopic (exact) mass is 291 g/mol. The molecule has 0 aliphatic heterocycles. The number of primary amides is 1. The standard InChI is InChI=1S/C18H29NO2/c1-18(2,3)15-12-11-14(16(20)13-15)9-7-5-4-6-8-10-17(19)21/h11-13,20H,4-10H2,1-3H3,(H2,19,21). The third-order valence-corrected chi connectivity index (χ3v) is 3.82. The maximum atomic E-state index is 10.6. The number of aromatic hydroxyl groups is 1. The predicted octanol–water partition coefficient (Wildman–Crippen LogP) is 4.06. The predicted molar refractivity (Wildman–Crippen MR) is 87.4 cm³/mol. The second-order valence-corrected chi connectivity index (χ2v) is 6.83. The van der Waals surface area contributed by atoms with E-state index in [0.29, 0.717) is 12.2 Å². The molecule has 3 heteroatoms. The van der Waals surface area contributed by atoms with Gasteiger partial charge >= 0.3 is 0 Å². The number of carbonyl (C=O) groups is 1. The lowest BCUT2D eigenvalue weighted by atomic mass is 9.86. The molecule has 0 bridgehead atoms. The molecular weight excluding hydrogens is 262 g/mol. The second kappa shape index (κ2) is 8.06. The molecule has 1 rings (SSSR count). The van der Waals surface area contributed by atoms with Gasteiger partial charge in [0.15, 0.2) is 0 Å². The molecular formula is C18H29NO2. The summed E-state index contributed by atoms with van der Waals surface area (Å²) in [6.07, 6.45) is 6.66. The number of amides is 1. The molecule has 1 aromatic rings. The van der Waals surface area contributed by atoms with Crippen LogP contribution in [-0.2, 0) is 16.6 Å². The average Bonchev–Trinajstić information content (AvgIpc) is 2.37. The fourth-order valence-corrected chi connectivity index (χ4v) is 2.39. The zero-order valence-electron chi connectivity index (χ0n) is 13.6. The summed E-state index contributed by atoms with van der Waals surface area (Å²) in [5, 5.41) is 10.1. The quantitative estimate of drug-likeness (QED) is 0.709. The van der Waals surface area contributed by atoms with Crippen LogP contribution < -0.4 is 5.73 Å². The fraction of sp³-hybridized carbons (Fsp3) is 0.611. The van der Waals surface area contributed by atoms with Crippen LogP contribution in [0, 0.1) is 0 Å². The topological polar surface area (TPSA) is 63.3 Å². The van der Waals surface area contributed by atoms with Crippen molar-refractivity contribution in [2.24, 2.45) is 5.73 Å². The van der Waals surface area contributed by atoms with Crippen molar-refractivity contribution < 1.29 is 9.90 Å². The smallest absolute Gasteiger partial charge is 0.217 e. The number of benzene rings is 1. The third kappa shape index (κ3) is 6.65. The zero-order chi connectivity index (χ0) is 15.9. The van der Waals surface area contributed by atoms with Gasteiger partial charge in [0.25, 0.3) is 0 Å². The first-order valence-electron chi connectivity index (χ1n) is 7.91. The van der Waals surface area contributed by atoms with Gasteiger partial charge in [-0.1, -0.05) is 52.2 Å². The van der Waals surface area contributed by atoms with E-state index in [0.717, 1.165) is 49.7 Å². The van der Waals surface area contributed by atoms with Crippen LogP contribution in [0.1, 0.15) is 70.4 Å². The van der Waals surface area contributed by atoms with Crippen LogP contribution in [0.5, 0.6) is 5.75 Å². The minimum Gasteiger partial charge on any atom is -0.508 e. The second-order valence-electron chi connectivity index (χ2n) is 6.83. The zero-order valence-corrected chi connectivity index (χ0v) is 13.6. The molecule has 0 atom stereocenters. The van der Waals surface area contributed by atoms with Gasteiger partial charge in [-0.15, -0.1) is 0 Å². The molecule has 0 spiro atoms. The van der Waals surface area contributed by atoms with Crippen LogP contribution in [0.15, 0.2) is 18.2 Å². The highest BCUT2D eigenvalue weighted by Crippen LogP contribution is 2.28. The Hall–Kier alpha value is -1.51. The van der Waals surface area contributed by atoms with Crippen LogP contribution in [0.4, 0.5) is 0 Å². The number of carbonyl (C=O) groups excluding carboxylic acids is 1. The Bertz CT molecular complexity index is 461. The first kappa shape index (κ1) is 17.5. The van der Waals surface area contributed by atoms with Gasteiger partial charge in [-0.05, 0) is 41.9 Å². The number of unbranched alkanes of at least 4 members (excludes halogenated alkanes) is 4. The number of hydrogen-bond acceptors (Lipinski definition) is 2. The lowest BCUT2D eigenvalue weighted by Crippen LogP contribution is -2.10. The van der Waals surface area contributed by atoms with Crippen LogP contribution in [0.25, 0.3) is 0 Å². The molecule has 3 nitrogen and oxygen atoms in total. The summed E-state index contributed by atoms with van der Waals surface area (Å²) in [5.41, 5.74) is 7.36. The van der Waals surface area contributed by atoms with E-state index in [2.05, 4.69) is 26.8 Å². The van der Waals surface area contributed by atoms with Crippen molar-refractivity contribution in [2.45, 2.75) is 71.1 Å². The van der Waals surface area contributed by atoms with Crippen molar-refractivity contribution in [3.63, 3.8) is 0 Å². The molecule has 0 fully saturated rings. The number of hydrogen-bond donors (Lipinski definition) is 2. The number of aryl methyl sites for hydroxylation is 1. The van der Waals surface area contributed by atoms with Crippen molar-refractivity contribution in [3.05, 3.63) is 29.3 Å². The van der Waals surface area contributed by atoms with E-state index in [4.69, 9.17) is 5.73 Å². The molecule has 1 aromatic carbocycles. The molecule has 3 N–H and O–H groups in total. The van der Waals surface area contributed by atoms with E-state index in [1.165, 1.54) is 0 Å². The number of phenols is 1. The van der Waals surface area contributed by atoms with Gasteiger partial charge in [0, 0.05) is 6.42 Å². The Balaban J connectivity index is 2.31. The summed E-state index contributed by atoms with van der Waals surface area (Å²) in [6, 6.07) is 6.05. The van der Waals surface area contributed by atoms with Gasteiger partial charge in [-0.2, -0.15) is 0 Å². The Kier molecular flexibility index (Phi) is 6.73. The molecule has 1 amide bonds. The first-order valence-corrected chi connectivity index (χ1v) is 7.91. The highest BCUT2D eigenvalue weighted by Gasteiger charge is 2.15. The SMILES string of the molecule is CC(C)(C)c1ccc(CCCCCCCC(N)=O)c(O)c1. The molecule has 0 heterocycles. The summed E-state index contributed by atoms with van der Waals surface area (Å²) in [4.78, 5) is 10.6. The average molecular weight is 291 g/mol. The van der Waals surface area contributed by atoms with E-state index in [1.54, 1.807) is 0 Å². The van der Waals surface area contributed by atoms with E-state index >= 15 is 0 Å². The largest absolute Gasteiger partial charge is 0.508 e. The number of rotatable bonds is 8. The van der Waals surface area contributed by atoms with Gasteiger partial charge in [-0.25, -0.2) is 0 Å². The van der Waals surface area contributed by atoms with E-state index < -0.39 is 0 Å². The molecule has 0 aliphatic carbocycles. The van der Waals surface area contributed by atoms with Gasteiger partial charge < -0.3 is 10.8 Å². The summed E-state index contributed by atoms with van der Waals surface area (Å²) >= 11 is 0. The van der Waals surface area contributed by atoms with Crippen molar-refractivity contribution in [1.29, 1.82) is 0 Å². The van der Waals surface area contributed by atoms with Crippen LogP contribution in [0.2, 0.25) is 0 Å². The van der Waals surface area contributed by atoms with E-state index in [9.17, 15) is 9.90 Å². The highest BCUT2D eigenvalue weighted by atomic mass is 16.3. The van der Waals surface area contributed by atoms with Crippen molar-refractivity contribution in [2.75, 3.05) is 0 Å². The molecule has 0 unspecified atom stereocenters. The van der Waals surface area contributed by atoms with Crippen LogP contribution >= 0.6 is 0 Å². The molecule has 0 saturated carbocycles. The number of nitrogens with two attached hydrogens (primary N) is 1. The summed E-state index contributed by atoms with van der Waals surface area (Å²) in [5.74, 6) is 0.204. The highest BCUT2D eigenvalue weighted by molar-refractivity contribution is 5.73. The van der Waals surface area contributed by atoms with Crippen molar-refractivity contribution in [3.8, 4) is 5.75 Å². The molecule has 0 aliphatic rings. The Morgan fingerprint density at radius 1 is 1.10 bits per heavy atom. The van der Waals surface area contributed by atoms with Crippen LogP contribution in [0.3, 0.4) is 0 Å². The van der Waals surface area contributed by atoms with Crippen molar-refractivity contribution in [1.82, 2.24) is 0 Å². The Morgan fingerprint density at radius 3 is 2.29 bits per heavy atom. The Morgan fingerprint density at radius 2 is 1.71 bits per heavy atom.